The summed E-state index contributed by atoms with van der Waals surface area (Å²) in [4.78, 5) is 15.2. The van der Waals surface area contributed by atoms with Gasteiger partial charge in [-0.3, -0.25) is 0 Å². The lowest BCUT2D eigenvalue weighted by molar-refractivity contribution is -0.142. The van der Waals surface area contributed by atoms with Gasteiger partial charge in [0.2, 0.25) is 6.61 Å². The van der Waals surface area contributed by atoms with Gasteiger partial charge in [-0.1, -0.05) is 23.4 Å². The molecule has 0 amide bonds. The van der Waals surface area contributed by atoms with Gasteiger partial charge in [0.1, 0.15) is 12.4 Å². The van der Waals surface area contributed by atoms with Crippen molar-refractivity contribution in [1.82, 2.24) is 4.57 Å². The number of fused-ring (bicyclic) bond motifs is 1. The van der Waals surface area contributed by atoms with Crippen molar-refractivity contribution in [3.05, 3.63) is 78.0 Å². The Morgan fingerprint density at radius 1 is 1.23 bits per heavy atom. The fraction of sp³-hybridized carbons (Fsp3) is 0.182. The second kappa shape index (κ2) is 9.38. The lowest BCUT2D eigenvalue weighted by Gasteiger charge is -2.10. The average Bonchev–Trinajstić information content (AvgIpc) is 3.06. The molecule has 1 aromatic heterocycles. The van der Waals surface area contributed by atoms with Gasteiger partial charge in [-0.2, -0.15) is 13.2 Å². The first-order valence-electron chi connectivity index (χ1n) is 9.18. The molecule has 9 heteroatoms. The Hall–Kier alpha value is -3.75. The lowest BCUT2D eigenvalue weighted by atomic mass is 10.1. The van der Waals surface area contributed by atoms with Crippen LogP contribution in [0.4, 0.5) is 13.2 Å². The number of carboxylic acids is 1. The van der Waals surface area contributed by atoms with Crippen LogP contribution in [0.3, 0.4) is 0 Å². The molecule has 0 fully saturated rings. The number of carbonyl (C=O) groups is 1. The number of rotatable bonds is 9. The second-order valence-electron chi connectivity index (χ2n) is 6.59. The van der Waals surface area contributed by atoms with Crippen molar-refractivity contribution >= 4 is 23.1 Å². The molecular weight excluding hydrogens is 413 g/mol. The largest absolute Gasteiger partial charge is 0.489 e. The smallest absolute Gasteiger partial charge is 0.416 e. The average molecular weight is 432 g/mol. The number of aliphatic carboxylic acids is 1. The summed E-state index contributed by atoms with van der Waals surface area (Å²) in [6.45, 7) is 3.66. The third kappa shape index (κ3) is 5.65. The maximum absolute atomic E-state index is 12.9. The van der Waals surface area contributed by atoms with E-state index < -0.39 is 24.3 Å². The van der Waals surface area contributed by atoms with Crippen molar-refractivity contribution in [1.29, 1.82) is 0 Å². The van der Waals surface area contributed by atoms with E-state index in [1.807, 2.05) is 10.6 Å². The van der Waals surface area contributed by atoms with Gasteiger partial charge in [0.25, 0.3) is 0 Å². The number of oxime groups is 1. The Kier molecular flexibility index (Phi) is 6.64. The molecule has 2 aromatic carbocycles. The van der Waals surface area contributed by atoms with E-state index in [9.17, 15) is 18.0 Å². The molecule has 31 heavy (non-hydrogen) atoms. The van der Waals surface area contributed by atoms with Crippen LogP contribution < -0.4 is 4.74 Å². The van der Waals surface area contributed by atoms with E-state index in [-0.39, 0.29) is 6.61 Å². The first-order chi connectivity index (χ1) is 14.8. The number of carboxylic acid groups (broad SMARTS) is 1. The molecule has 0 aliphatic heterocycles. The number of nitrogens with zero attached hydrogens (tertiary/aromatic N) is 2. The van der Waals surface area contributed by atoms with Crippen LogP contribution in [0.15, 0.2) is 66.5 Å². The number of benzene rings is 2. The Bertz CT molecular complexity index is 1120. The first kappa shape index (κ1) is 21.9. The van der Waals surface area contributed by atoms with E-state index in [0.29, 0.717) is 23.4 Å². The molecule has 1 N–H and O–H groups in total. The van der Waals surface area contributed by atoms with Crippen molar-refractivity contribution in [2.75, 3.05) is 6.61 Å². The van der Waals surface area contributed by atoms with Crippen LogP contribution >= 0.6 is 0 Å². The number of alkyl halides is 3. The fourth-order valence-corrected chi connectivity index (χ4v) is 2.98. The van der Waals surface area contributed by atoms with E-state index in [2.05, 4.69) is 11.7 Å². The first-order valence-corrected chi connectivity index (χ1v) is 9.18. The van der Waals surface area contributed by atoms with Crippen molar-refractivity contribution in [3.63, 3.8) is 0 Å². The second-order valence-corrected chi connectivity index (χ2v) is 6.59. The molecule has 0 aliphatic carbocycles. The zero-order valence-electron chi connectivity index (χ0n) is 16.3. The van der Waals surface area contributed by atoms with Gasteiger partial charge in [0.15, 0.2) is 0 Å². The number of halogens is 3. The van der Waals surface area contributed by atoms with Crippen molar-refractivity contribution < 1.29 is 32.6 Å². The molecule has 0 radical (unpaired) electrons. The summed E-state index contributed by atoms with van der Waals surface area (Å²) in [6, 6.07) is 10.2. The predicted molar refractivity (Wildman–Crippen MR) is 109 cm³/mol. The highest BCUT2D eigenvalue weighted by atomic mass is 19.4. The minimum atomic E-state index is -4.42. The van der Waals surface area contributed by atoms with Gasteiger partial charge in [-0.05, 0) is 35.9 Å². The highest BCUT2D eigenvalue weighted by molar-refractivity contribution is 6.00. The minimum Gasteiger partial charge on any atom is -0.489 e. The summed E-state index contributed by atoms with van der Waals surface area (Å²) in [6.07, 6.45) is 0.497. The highest BCUT2D eigenvalue weighted by Gasteiger charge is 2.30. The topological polar surface area (TPSA) is 73.1 Å². The van der Waals surface area contributed by atoms with Crippen LogP contribution in [-0.4, -0.2) is 28.5 Å². The van der Waals surface area contributed by atoms with Crippen LogP contribution in [0.1, 0.15) is 16.7 Å². The summed E-state index contributed by atoms with van der Waals surface area (Å²) in [5.41, 5.74) is 1.17. The van der Waals surface area contributed by atoms with Crippen LogP contribution in [0.25, 0.3) is 10.9 Å². The normalized spacial score (nSPS) is 11.7. The van der Waals surface area contributed by atoms with Crippen molar-refractivity contribution in [2.24, 2.45) is 5.16 Å². The molecule has 0 saturated heterocycles. The minimum absolute atomic E-state index is 0.0338. The van der Waals surface area contributed by atoms with E-state index in [1.54, 1.807) is 30.5 Å². The number of hydrogen-bond donors (Lipinski definition) is 1. The van der Waals surface area contributed by atoms with Gasteiger partial charge < -0.3 is 19.2 Å². The van der Waals surface area contributed by atoms with E-state index in [0.717, 1.165) is 23.0 Å². The summed E-state index contributed by atoms with van der Waals surface area (Å²) in [5, 5.41) is 13.0. The summed E-state index contributed by atoms with van der Waals surface area (Å²) in [5.74, 6) is -0.682. The number of allylic oxidation sites excluding steroid dienone is 1. The van der Waals surface area contributed by atoms with Crippen molar-refractivity contribution in [2.45, 2.75) is 19.3 Å². The van der Waals surface area contributed by atoms with Gasteiger partial charge in [-0.15, -0.1) is 6.58 Å². The quantitative estimate of drug-likeness (QED) is 0.298. The molecule has 0 saturated carbocycles. The zero-order chi connectivity index (χ0) is 22.4. The summed E-state index contributed by atoms with van der Waals surface area (Å²) in [7, 11) is 0. The predicted octanol–water partition coefficient (Wildman–Crippen LogP) is 4.86. The van der Waals surface area contributed by atoms with Gasteiger partial charge in [-0.25, -0.2) is 4.79 Å². The third-order valence-electron chi connectivity index (χ3n) is 4.32. The molecular formula is C22H19F3N2O4. The monoisotopic (exact) mass is 432 g/mol. The Morgan fingerprint density at radius 3 is 2.74 bits per heavy atom. The van der Waals surface area contributed by atoms with Crippen molar-refractivity contribution in [3.8, 4) is 5.75 Å². The molecule has 0 bridgehead atoms. The van der Waals surface area contributed by atoms with Crippen LogP contribution in [0, 0.1) is 0 Å². The summed E-state index contributed by atoms with van der Waals surface area (Å²) >= 11 is 0. The van der Waals surface area contributed by atoms with Crippen LogP contribution in [0.5, 0.6) is 5.75 Å². The molecule has 1 heterocycles. The summed E-state index contributed by atoms with van der Waals surface area (Å²) < 4.78 is 46.3. The molecule has 0 atom stereocenters. The SMILES string of the molecule is C=CCn1cc(C=NOCC(=O)O)c2cc(OCc3cccc(C(F)(F)F)c3)ccc21. The Morgan fingerprint density at radius 2 is 2.03 bits per heavy atom. The molecule has 6 nitrogen and oxygen atoms in total. The fourth-order valence-electron chi connectivity index (χ4n) is 2.98. The molecule has 3 rings (SSSR count). The molecule has 162 valence electrons. The van der Waals surface area contributed by atoms with Crippen LogP contribution in [0.2, 0.25) is 0 Å². The maximum atomic E-state index is 12.9. The highest BCUT2D eigenvalue weighted by Crippen LogP contribution is 2.30. The van der Waals surface area contributed by atoms with Crippen LogP contribution in [-0.2, 0) is 29.0 Å². The number of ether oxygens (including phenoxy) is 1. The lowest BCUT2D eigenvalue weighted by Crippen LogP contribution is -2.06. The Balaban J connectivity index is 1.83. The standard InChI is InChI=1S/C22H19F3N2O4/c1-2-8-27-12-16(11-26-31-14-21(28)29)19-10-18(6-7-20(19)27)30-13-15-4-3-5-17(9-15)22(23,24)25/h2-7,9-12H,1,8,13-14H2,(H,28,29). The molecule has 0 aliphatic rings. The Labute approximate surface area is 175 Å². The van der Waals surface area contributed by atoms with Gasteiger partial charge >= 0.3 is 12.1 Å². The molecule has 3 aromatic rings. The van der Waals surface area contributed by atoms with E-state index in [1.165, 1.54) is 12.3 Å². The molecule has 0 spiro atoms. The van der Waals surface area contributed by atoms with Gasteiger partial charge in [0.05, 0.1) is 11.8 Å². The zero-order valence-corrected chi connectivity index (χ0v) is 16.3. The number of hydrogen-bond acceptors (Lipinski definition) is 4. The molecule has 0 unspecified atom stereocenters. The van der Waals surface area contributed by atoms with E-state index >= 15 is 0 Å². The van der Waals surface area contributed by atoms with Gasteiger partial charge in [0, 0.05) is 29.2 Å². The maximum Gasteiger partial charge on any atom is 0.416 e. The van der Waals surface area contributed by atoms with E-state index in [4.69, 9.17) is 14.7 Å². The third-order valence-corrected chi connectivity index (χ3v) is 4.32. The number of aromatic nitrogens is 1.